The Morgan fingerprint density at radius 2 is 1.59 bits per heavy atom. The maximum atomic E-state index is 12.5. The summed E-state index contributed by atoms with van der Waals surface area (Å²) in [6.45, 7) is 4.77. The molecular formula is C31H35N7O4S2. The largest absolute Gasteiger partial charge is 0.371 e. The maximum absolute atomic E-state index is 12.5. The summed E-state index contributed by atoms with van der Waals surface area (Å²) < 4.78 is 32.6. The van der Waals surface area contributed by atoms with Crippen molar-refractivity contribution < 1.29 is 17.9 Å². The summed E-state index contributed by atoms with van der Waals surface area (Å²) in [5.74, 6) is 1.57. The number of hydrogen-bond acceptors (Lipinski definition) is 9. The Morgan fingerprint density at radius 1 is 0.932 bits per heavy atom. The third-order valence-electron chi connectivity index (χ3n) is 8.36. The number of carbonyl (C=O) groups excluding carboxylic acids is 1. The number of nitrogens with zero attached hydrogens (tertiary/aromatic N) is 5. The van der Waals surface area contributed by atoms with Gasteiger partial charge in [0.15, 0.2) is 11.6 Å². The molecule has 2 bridgehead atoms. The molecule has 4 aromatic rings. The Morgan fingerprint density at radius 3 is 2.25 bits per heavy atom. The zero-order valence-electron chi connectivity index (χ0n) is 24.5. The molecule has 11 nitrogen and oxygen atoms in total. The van der Waals surface area contributed by atoms with Crippen LogP contribution in [0, 0.1) is 0 Å². The van der Waals surface area contributed by atoms with Crippen molar-refractivity contribution in [2.75, 3.05) is 61.1 Å². The SMILES string of the molecule is CS(=O)(=O)N1CCN(Cc2cc3nc(-c4ccc(NC(=O)Nc5ccccc5)cc4)nc(N4CC5CCC(C4)O5)c3s2)CC1. The molecule has 3 aliphatic heterocycles. The summed E-state index contributed by atoms with van der Waals surface area (Å²) >= 11 is 1.72. The van der Waals surface area contributed by atoms with Gasteiger partial charge in [-0.25, -0.2) is 23.2 Å². The summed E-state index contributed by atoms with van der Waals surface area (Å²) in [5.41, 5.74) is 3.16. The first-order valence-corrected chi connectivity index (χ1v) is 17.6. The second-order valence-corrected chi connectivity index (χ2v) is 14.7. The van der Waals surface area contributed by atoms with Crippen molar-refractivity contribution in [1.29, 1.82) is 0 Å². The van der Waals surface area contributed by atoms with Crippen LogP contribution < -0.4 is 15.5 Å². The molecule has 3 saturated heterocycles. The molecule has 230 valence electrons. The molecule has 0 spiro atoms. The summed E-state index contributed by atoms with van der Waals surface area (Å²) in [6, 6.07) is 18.7. The third kappa shape index (κ3) is 6.42. The number of hydrogen-bond donors (Lipinski definition) is 2. The van der Waals surface area contributed by atoms with Gasteiger partial charge < -0.3 is 20.3 Å². The molecule has 5 heterocycles. The fourth-order valence-corrected chi connectivity index (χ4v) is 8.11. The van der Waals surface area contributed by atoms with E-state index in [1.807, 2.05) is 54.6 Å². The number of morpholine rings is 1. The Kier molecular flexibility index (Phi) is 7.97. The number of fused-ring (bicyclic) bond motifs is 3. The lowest BCUT2D eigenvalue weighted by molar-refractivity contribution is 0.0303. The van der Waals surface area contributed by atoms with Crippen LogP contribution in [0.3, 0.4) is 0 Å². The van der Waals surface area contributed by atoms with Gasteiger partial charge in [-0.2, -0.15) is 4.31 Å². The number of rotatable bonds is 7. The van der Waals surface area contributed by atoms with Crippen molar-refractivity contribution in [3.63, 3.8) is 0 Å². The molecule has 13 heteroatoms. The van der Waals surface area contributed by atoms with Gasteiger partial charge in [0.05, 0.1) is 28.7 Å². The third-order valence-corrected chi connectivity index (χ3v) is 10.8. The van der Waals surface area contributed by atoms with Crippen LogP contribution in [0.25, 0.3) is 21.6 Å². The number of sulfonamides is 1. The monoisotopic (exact) mass is 633 g/mol. The van der Waals surface area contributed by atoms with Crippen LogP contribution in [0.1, 0.15) is 17.7 Å². The van der Waals surface area contributed by atoms with Gasteiger partial charge in [0.25, 0.3) is 0 Å². The van der Waals surface area contributed by atoms with Crippen molar-refractivity contribution in [3.8, 4) is 11.4 Å². The van der Waals surface area contributed by atoms with E-state index < -0.39 is 10.0 Å². The van der Waals surface area contributed by atoms with Crippen LogP contribution in [-0.2, 0) is 21.3 Å². The number of aromatic nitrogens is 2. The minimum Gasteiger partial charge on any atom is -0.371 e. The molecule has 0 radical (unpaired) electrons. The molecule has 2 atom stereocenters. The molecule has 2 aromatic carbocycles. The van der Waals surface area contributed by atoms with Crippen molar-refractivity contribution in [2.45, 2.75) is 31.6 Å². The summed E-state index contributed by atoms with van der Waals surface area (Å²) in [4.78, 5) is 28.4. The highest BCUT2D eigenvalue weighted by molar-refractivity contribution is 7.88. The van der Waals surface area contributed by atoms with Gasteiger partial charge in [-0.05, 0) is 55.3 Å². The lowest BCUT2D eigenvalue weighted by atomic mass is 10.2. The van der Waals surface area contributed by atoms with E-state index in [0.717, 1.165) is 59.8 Å². The first-order valence-electron chi connectivity index (χ1n) is 14.9. The van der Waals surface area contributed by atoms with Crippen LogP contribution >= 0.6 is 11.3 Å². The molecule has 0 saturated carbocycles. The number of anilines is 3. The average molecular weight is 634 g/mol. The van der Waals surface area contributed by atoms with E-state index >= 15 is 0 Å². The lowest BCUT2D eigenvalue weighted by Crippen LogP contribution is -2.47. The number of amides is 2. The number of benzene rings is 2. The van der Waals surface area contributed by atoms with Gasteiger partial charge in [-0.3, -0.25) is 4.90 Å². The summed E-state index contributed by atoms with van der Waals surface area (Å²) in [7, 11) is -3.17. The minimum atomic E-state index is -3.17. The fourth-order valence-electron chi connectivity index (χ4n) is 6.13. The highest BCUT2D eigenvalue weighted by Crippen LogP contribution is 2.38. The van der Waals surface area contributed by atoms with E-state index in [1.165, 1.54) is 11.1 Å². The van der Waals surface area contributed by atoms with Crippen molar-refractivity contribution >= 4 is 54.8 Å². The molecule has 0 aliphatic carbocycles. The molecule has 2 unspecified atom stereocenters. The highest BCUT2D eigenvalue weighted by atomic mass is 32.2. The Bertz CT molecular complexity index is 1750. The molecule has 2 aromatic heterocycles. The number of ether oxygens (including phenoxy) is 1. The second-order valence-electron chi connectivity index (χ2n) is 11.6. The highest BCUT2D eigenvalue weighted by Gasteiger charge is 2.35. The number of nitrogens with one attached hydrogen (secondary N) is 2. The van der Waals surface area contributed by atoms with Crippen molar-refractivity contribution in [3.05, 3.63) is 65.5 Å². The number of piperazine rings is 1. The van der Waals surface area contributed by atoms with Crippen molar-refractivity contribution in [1.82, 2.24) is 19.2 Å². The predicted molar refractivity (Wildman–Crippen MR) is 174 cm³/mol. The minimum absolute atomic E-state index is 0.222. The van der Waals surface area contributed by atoms with Gasteiger partial charge in [-0.15, -0.1) is 11.3 Å². The van der Waals surface area contributed by atoms with Crippen LogP contribution in [0.15, 0.2) is 60.7 Å². The van der Waals surface area contributed by atoms with E-state index in [-0.39, 0.29) is 18.2 Å². The van der Waals surface area contributed by atoms with E-state index in [2.05, 4.69) is 26.5 Å². The van der Waals surface area contributed by atoms with Gasteiger partial charge in [0, 0.05) is 67.6 Å². The van der Waals surface area contributed by atoms with Gasteiger partial charge in [0.2, 0.25) is 10.0 Å². The standard InChI is InChI=1S/C31H35N7O4S2/c1-44(40,41)38-15-13-36(14-16-38)20-26-17-27-28(43-26)30(37-18-24-11-12-25(19-37)42-24)35-29(34-27)21-7-9-23(10-8-21)33-31(39)32-22-5-3-2-4-6-22/h2-10,17,24-25H,11-16,18-20H2,1H3,(H2,32,33,39). The van der Waals surface area contributed by atoms with Crippen LogP contribution in [0.2, 0.25) is 0 Å². The molecule has 2 N–H and O–H groups in total. The number of para-hydroxylation sites is 1. The van der Waals surface area contributed by atoms with Gasteiger partial charge >= 0.3 is 6.03 Å². The maximum Gasteiger partial charge on any atom is 0.323 e. The first kappa shape index (κ1) is 29.1. The normalized spacial score (nSPS) is 21.1. The van der Waals surface area contributed by atoms with E-state index in [1.54, 1.807) is 15.6 Å². The fraction of sp³-hybridized carbons (Fsp3) is 0.387. The van der Waals surface area contributed by atoms with Crippen molar-refractivity contribution in [2.24, 2.45) is 0 Å². The zero-order valence-corrected chi connectivity index (χ0v) is 26.1. The lowest BCUT2D eigenvalue weighted by Gasteiger charge is -2.33. The van der Waals surface area contributed by atoms with E-state index in [4.69, 9.17) is 14.7 Å². The Balaban J connectivity index is 1.13. The van der Waals surface area contributed by atoms with Gasteiger partial charge in [0.1, 0.15) is 0 Å². The molecule has 7 rings (SSSR count). The quantitative estimate of drug-likeness (QED) is 0.307. The number of thiophene rings is 1. The molecular weight excluding hydrogens is 599 g/mol. The van der Waals surface area contributed by atoms with Crippen LogP contribution in [-0.4, -0.2) is 91.4 Å². The molecule has 3 aliphatic rings. The zero-order chi connectivity index (χ0) is 30.3. The summed E-state index contributed by atoms with van der Waals surface area (Å²) in [5, 5.41) is 5.71. The first-order chi connectivity index (χ1) is 21.3. The number of carbonyl (C=O) groups is 1. The van der Waals surface area contributed by atoms with E-state index in [0.29, 0.717) is 37.7 Å². The smallest absolute Gasteiger partial charge is 0.323 e. The molecule has 2 amide bonds. The van der Waals surface area contributed by atoms with Crippen LogP contribution in [0.5, 0.6) is 0 Å². The van der Waals surface area contributed by atoms with Crippen LogP contribution in [0.4, 0.5) is 22.0 Å². The van der Waals surface area contributed by atoms with E-state index in [9.17, 15) is 13.2 Å². The second kappa shape index (κ2) is 12.1. The molecule has 44 heavy (non-hydrogen) atoms. The Hall–Kier alpha value is -3.62. The van der Waals surface area contributed by atoms with Gasteiger partial charge in [-0.1, -0.05) is 18.2 Å². The topological polar surface area (TPSA) is 120 Å². The Labute approximate surface area is 260 Å². The average Bonchev–Trinajstić information content (AvgIpc) is 3.58. The summed E-state index contributed by atoms with van der Waals surface area (Å²) in [6.07, 6.45) is 3.87. The molecule has 3 fully saturated rings. The predicted octanol–water partition coefficient (Wildman–Crippen LogP) is 4.45. The number of urea groups is 1.